The molecule has 0 aliphatic carbocycles. The first-order valence-electron chi connectivity index (χ1n) is 6.76. The number of likely N-dealkylation sites (N-methyl/N-ethyl adjacent to an activating group) is 1. The predicted octanol–water partition coefficient (Wildman–Crippen LogP) is 3.16. The molecule has 0 unspecified atom stereocenters. The minimum Gasteiger partial charge on any atom is -0.389 e. The van der Waals surface area contributed by atoms with Crippen molar-refractivity contribution in [3.8, 4) is 0 Å². The first kappa shape index (κ1) is 16.5. The Morgan fingerprint density at radius 2 is 2.05 bits per heavy atom. The molecule has 0 bridgehead atoms. The number of hydrogen-bond donors (Lipinski definition) is 2. The number of aliphatic hydroxyl groups is 1. The highest BCUT2D eigenvalue weighted by atomic mass is 79.9. The summed E-state index contributed by atoms with van der Waals surface area (Å²) < 4.78 is 1.06. The van der Waals surface area contributed by atoms with E-state index in [1.54, 1.807) is 0 Å². The van der Waals surface area contributed by atoms with Gasteiger partial charge in [-0.3, -0.25) is 0 Å². The van der Waals surface area contributed by atoms with Gasteiger partial charge in [-0.1, -0.05) is 28.9 Å². The summed E-state index contributed by atoms with van der Waals surface area (Å²) in [6.45, 7) is 8.30. The average molecular weight is 329 g/mol. The van der Waals surface area contributed by atoms with Crippen LogP contribution in [-0.4, -0.2) is 30.8 Å². The molecule has 0 aliphatic rings. The van der Waals surface area contributed by atoms with Gasteiger partial charge in [-0.25, -0.2) is 0 Å². The van der Waals surface area contributed by atoms with Crippen LogP contribution in [0.5, 0.6) is 0 Å². The van der Waals surface area contributed by atoms with Crippen LogP contribution >= 0.6 is 15.9 Å². The molecule has 4 heteroatoms. The fourth-order valence-electron chi connectivity index (χ4n) is 2.11. The normalized spacial score (nSPS) is 11.7. The molecule has 0 fully saturated rings. The largest absolute Gasteiger partial charge is 0.389 e. The van der Waals surface area contributed by atoms with Crippen molar-refractivity contribution >= 4 is 21.6 Å². The summed E-state index contributed by atoms with van der Waals surface area (Å²) in [6, 6.07) is 6.29. The fraction of sp³-hybridized carbons (Fsp3) is 0.600. The van der Waals surface area contributed by atoms with Gasteiger partial charge >= 0.3 is 0 Å². The summed E-state index contributed by atoms with van der Waals surface area (Å²) in [4.78, 5) is 2.10. The summed E-state index contributed by atoms with van der Waals surface area (Å²) in [5.41, 5.74) is 1.70. The van der Waals surface area contributed by atoms with E-state index in [0.29, 0.717) is 6.54 Å². The average Bonchev–Trinajstić information content (AvgIpc) is 2.29. The van der Waals surface area contributed by atoms with Crippen LogP contribution < -0.4 is 10.2 Å². The summed E-state index contributed by atoms with van der Waals surface area (Å²) in [7, 11) is 2.02. The molecule has 2 N–H and O–H groups in total. The zero-order valence-corrected chi connectivity index (χ0v) is 13.9. The monoisotopic (exact) mass is 328 g/mol. The second-order valence-corrected chi connectivity index (χ2v) is 6.53. The summed E-state index contributed by atoms with van der Waals surface area (Å²) in [6.07, 6.45) is 1.13. The van der Waals surface area contributed by atoms with E-state index in [2.05, 4.69) is 51.3 Å². The van der Waals surface area contributed by atoms with Gasteiger partial charge < -0.3 is 15.3 Å². The standard InChI is InChI=1S/C15H25BrN2O/c1-5-8-17-10-12-6-7-13(16)9-14(12)18(4)11-15(2,3)19/h6-7,9,17,19H,5,8,10-11H2,1-4H3. The van der Waals surface area contributed by atoms with Crippen LogP contribution in [0.1, 0.15) is 32.8 Å². The Kier molecular flexibility index (Phi) is 6.30. The Bertz CT molecular complexity index is 402. The van der Waals surface area contributed by atoms with Crippen molar-refractivity contribution in [2.45, 2.75) is 39.3 Å². The highest BCUT2D eigenvalue weighted by Gasteiger charge is 2.17. The lowest BCUT2D eigenvalue weighted by Crippen LogP contribution is -2.36. The van der Waals surface area contributed by atoms with Gasteiger partial charge in [0.15, 0.2) is 0 Å². The van der Waals surface area contributed by atoms with Crippen molar-refractivity contribution in [1.82, 2.24) is 5.32 Å². The molecule has 0 aliphatic heterocycles. The number of anilines is 1. The third-order valence-electron chi connectivity index (χ3n) is 2.82. The van der Waals surface area contributed by atoms with Gasteiger partial charge in [-0.05, 0) is 44.5 Å². The number of rotatable bonds is 7. The van der Waals surface area contributed by atoms with Crippen molar-refractivity contribution in [3.63, 3.8) is 0 Å². The lowest BCUT2D eigenvalue weighted by atomic mass is 10.1. The van der Waals surface area contributed by atoms with Crippen molar-refractivity contribution in [1.29, 1.82) is 0 Å². The Hall–Kier alpha value is -0.580. The van der Waals surface area contributed by atoms with E-state index in [1.165, 1.54) is 5.56 Å². The van der Waals surface area contributed by atoms with E-state index >= 15 is 0 Å². The number of nitrogens with zero attached hydrogens (tertiary/aromatic N) is 1. The molecular weight excluding hydrogens is 304 g/mol. The molecule has 0 radical (unpaired) electrons. The minimum absolute atomic E-state index is 0.601. The van der Waals surface area contributed by atoms with Gasteiger partial charge in [0, 0.05) is 30.3 Å². The first-order chi connectivity index (χ1) is 8.83. The lowest BCUT2D eigenvalue weighted by Gasteiger charge is -2.29. The van der Waals surface area contributed by atoms with Gasteiger partial charge in [0.05, 0.1) is 5.60 Å². The maximum Gasteiger partial charge on any atom is 0.0765 e. The van der Waals surface area contributed by atoms with E-state index in [-0.39, 0.29) is 0 Å². The molecule has 0 heterocycles. The SMILES string of the molecule is CCCNCc1ccc(Br)cc1N(C)CC(C)(C)O. The van der Waals surface area contributed by atoms with Crippen LogP contribution in [0.4, 0.5) is 5.69 Å². The molecule has 3 nitrogen and oxygen atoms in total. The van der Waals surface area contributed by atoms with Crippen LogP contribution in [0.15, 0.2) is 22.7 Å². The van der Waals surface area contributed by atoms with Gasteiger partial charge in [0.25, 0.3) is 0 Å². The third-order valence-corrected chi connectivity index (χ3v) is 3.32. The number of hydrogen-bond acceptors (Lipinski definition) is 3. The second-order valence-electron chi connectivity index (χ2n) is 5.62. The quantitative estimate of drug-likeness (QED) is 0.755. The minimum atomic E-state index is -0.703. The van der Waals surface area contributed by atoms with Gasteiger partial charge in [0.2, 0.25) is 0 Å². The van der Waals surface area contributed by atoms with Crippen LogP contribution in [0.2, 0.25) is 0 Å². The molecule has 0 saturated carbocycles. The van der Waals surface area contributed by atoms with Crippen molar-refractivity contribution in [2.24, 2.45) is 0 Å². The summed E-state index contributed by atoms with van der Waals surface area (Å²) >= 11 is 3.52. The molecule has 0 aromatic heterocycles. The van der Waals surface area contributed by atoms with Crippen molar-refractivity contribution in [3.05, 3.63) is 28.2 Å². The van der Waals surface area contributed by atoms with Crippen LogP contribution in [0.25, 0.3) is 0 Å². The maximum atomic E-state index is 9.95. The molecule has 1 aromatic rings. The Labute approximate surface area is 125 Å². The zero-order valence-electron chi connectivity index (χ0n) is 12.3. The van der Waals surface area contributed by atoms with Gasteiger partial charge in [-0.2, -0.15) is 0 Å². The zero-order chi connectivity index (χ0) is 14.5. The Morgan fingerprint density at radius 3 is 2.63 bits per heavy atom. The van der Waals surface area contributed by atoms with Crippen LogP contribution in [-0.2, 0) is 6.54 Å². The van der Waals surface area contributed by atoms with Gasteiger partial charge in [-0.15, -0.1) is 0 Å². The van der Waals surface area contributed by atoms with Crippen LogP contribution in [0.3, 0.4) is 0 Å². The Morgan fingerprint density at radius 1 is 1.37 bits per heavy atom. The maximum absolute atomic E-state index is 9.95. The van der Waals surface area contributed by atoms with Crippen LogP contribution in [0, 0.1) is 0 Å². The number of benzene rings is 1. The molecule has 0 saturated heterocycles. The molecule has 0 spiro atoms. The van der Waals surface area contributed by atoms with E-state index in [0.717, 1.165) is 29.7 Å². The Balaban J connectivity index is 2.86. The molecule has 108 valence electrons. The predicted molar refractivity (Wildman–Crippen MR) is 85.7 cm³/mol. The van der Waals surface area contributed by atoms with Gasteiger partial charge in [0.1, 0.15) is 0 Å². The van der Waals surface area contributed by atoms with E-state index in [9.17, 15) is 5.11 Å². The highest BCUT2D eigenvalue weighted by molar-refractivity contribution is 9.10. The second kappa shape index (κ2) is 7.27. The molecule has 1 rings (SSSR count). The number of halogens is 1. The van der Waals surface area contributed by atoms with E-state index in [1.807, 2.05) is 20.9 Å². The summed E-state index contributed by atoms with van der Waals surface area (Å²) in [5, 5.41) is 13.4. The van der Waals surface area contributed by atoms with E-state index in [4.69, 9.17) is 0 Å². The topological polar surface area (TPSA) is 35.5 Å². The molecular formula is C15H25BrN2O. The summed E-state index contributed by atoms with van der Waals surface area (Å²) in [5.74, 6) is 0. The molecule has 0 atom stereocenters. The first-order valence-corrected chi connectivity index (χ1v) is 7.55. The molecule has 1 aromatic carbocycles. The van der Waals surface area contributed by atoms with Crippen molar-refractivity contribution in [2.75, 3.05) is 25.0 Å². The third kappa shape index (κ3) is 5.93. The van der Waals surface area contributed by atoms with E-state index < -0.39 is 5.60 Å². The smallest absolute Gasteiger partial charge is 0.0765 e. The fourth-order valence-corrected chi connectivity index (χ4v) is 2.46. The molecule has 19 heavy (non-hydrogen) atoms. The highest BCUT2D eigenvalue weighted by Crippen LogP contribution is 2.25. The molecule has 0 amide bonds. The van der Waals surface area contributed by atoms with Crippen molar-refractivity contribution < 1.29 is 5.11 Å². The number of nitrogens with one attached hydrogen (secondary N) is 1. The lowest BCUT2D eigenvalue weighted by molar-refractivity contribution is 0.0886.